The number of quaternary nitrogens is 1. The Kier molecular flexibility index (Phi) is 51.5. The van der Waals surface area contributed by atoms with Crippen molar-refractivity contribution in [3.63, 3.8) is 0 Å². The molecule has 0 aliphatic heterocycles. The summed E-state index contributed by atoms with van der Waals surface area (Å²) in [5.41, 5.74) is 0. The largest absolute Gasteiger partial charge is 0.756 e. The van der Waals surface area contributed by atoms with Gasteiger partial charge < -0.3 is 28.5 Å². The molecule has 3 unspecified atom stereocenters. The van der Waals surface area contributed by atoms with Gasteiger partial charge in [0.15, 0.2) is 0 Å². The van der Waals surface area contributed by atoms with Gasteiger partial charge in [0.2, 0.25) is 5.91 Å². The monoisotopic (exact) mass is 1040 g/mol. The fourth-order valence-electron chi connectivity index (χ4n) is 8.75. The normalized spacial score (nSPS) is 14.1. The molecule has 3 atom stereocenters. The summed E-state index contributed by atoms with van der Waals surface area (Å²) in [5.74, 6) is -0.552. The number of ether oxygens (including phenoxy) is 1. The standard InChI is InChI=1S/C63H117N2O7P/c1-7-10-13-16-19-22-25-28-30-31-32-33-35-37-40-43-46-49-52-55-62(66)64-60(59-71-73(68,69)70-58-57-65(4,5)6)61(54-51-48-45-42-39-36-27-24-21-18-15-12-9-3)72-63(67)56-53-50-47-44-41-38-34-29-26-23-20-17-14-11-8-2/h11,14,17,20,23,26,28,30,51,54,60-61H,7-10,12-13,15-16,18-19,21-22,24-25,27,29,31-50,52-53,55-59H2,1-6H3,(H-,64,66,68,69)/b14-11+,20-17+,26-23+,30-28+,54-51-. The molecule has 0 spiro atoms. The number of phosphoric acid groups is 1. The number of nitrogens with one attached hydrogen (secondary N) is 1. The van der Waals surface area contributed by atoms with Gasteiger partial charge in [-0.3, -0.25) is 14.2 Å². The summed E-state index contributed by atoms with van der Waals surface area (Å²) in [4.78, 5) is 40.0. The van der Waals surface area contributed by atoms with Crippen molar-refractivity contribution in [2.75, 3.05) is 40.9 Å². The molecule has 0 saturated carbocycles. The van der Waals surface area contributed by atoms with E-state index in [2.05, 4.69) is 74.7 Å². The number of amides is 1. The maximum absolute atomic E-state index is 13.5. The van der Waals surface area contributed by atoms with Crippen LogP contribution in [0.5, 0.6) is 0 Å². The third-order valence-electron chi connectivity index (χ3n) is 13.5. The molecule has 9 nitrogen and oxygen atoms in total. The number of unbranched alkanes of at least 4 members (excludes halogenated alkanes) is 33. The molecular weight excluding hydrogens is 928 g/mol. The smallest absolute Gasteiger partial charge is 0.306 e. The molecule has 426 valence electrons. The molecule has 0 heterocycles. The van der Waals surface area contributed by atoms with Crippen LogP contribution in [0.15, 0.2) is 60.8 Å². The minimum atomic E-state index is -4.70. The van der Waals surface area contributed by atoms with E-state index >= 15 is 0 Å². The number of nitrogens with zero attached hydrogens (tertiary/aromatic N) is 1. The van der Waals surface area contributed by atoms with Crippen LogP contribution in [0.3, 0.4) is 0 Å². The Bertz CT molecular complexity index is 1440. The number of allylic oxidation sites excluding steroid dienone is 9. The maximum atomic E-state index is 13.5. The first-order chi connectivity index (χ1) is 35.4. The van der Waals surface area contributed by atoms with E-state index in [4.69, 9.17) is 13.8 Å². The molecule has 73 heavy (non-hydrogen) atoms. The van der Waals surface area contributed by atoms with E-state index in [0.717, 1.165) is 77.0 Å². The SMILES string of the molecule is CC/C=C/C=C/C=C/CCCCCCCCCC(=O)OC(/C=C\CCCCCCCCCCCCC)C(COP(=O)([O-])OCC[N+](C)(C)C)NC(=O)CCCCCCCCCCC/C=C/CCCCCCCC. The van der Waals surface area contributed by atoms with Gasteiger partial charge in [0, 0.05) is 12.8 Å². The van der Waals surface area contributed by atoms with Gasteiger partial charge in [0.1, 0.15) is 19.3 Å². The highest BCUT2D eigenvalue weighted by Crippen LogP contribution is 2.38. The number of carbonyl (C=O) groups excluding carboxylic acids is 2. The van der Waals surface area contributed by atoms with E-state index in [0.29, 0.717) is 17.4 Å². The Morgan fingerprint density at radius 2 is 0.890 bits per heavy atom. The molecule has 10 heteroatoms. The Morgan fingerprint density at radius 3 is 1.34 bits per heavy atom. The molecule has 0 radical (unpaired) electrons. The molecule has 0 aromatic rings. The van der Waals surface area contributed by atoms with Crippen molar-refractivity contribution < 1.29 is 37.3 Å². The zero-order chi connectivity index (χ0) is 53.6. The quantitative estimate of drug-likeness (QED) is 0.0161. The average Bonchev–Trinajstić information content (AvgIpc) is 3.35. The summed E-state index contributed by atoms with van der Waals surface area (Å²) in [6.45, 7) is 6.72. The molecule has 0 saturated heterocycles. The van der Waals surface area contributed by atoms with E-state index in [9.17, 15) is 19.0 Å². The van der Waals surface area contributed by atoms with Crippen molar-refractivity contribution in [1.82, 2.24) is 5.32 Å². The summed E-state index contributed by atoms with van der Waals surface area (Å²) in [7, 11) is 1.18. The second-order valence-electron chi connectivity index (χ2n) is 21.9. The molecule has 0 aliphatic rings. The molecular formula is C63H117N2O7P. The van der Waals surface area contributed by atoms with Crippen LogP contribution in [-0.2, 0) is 27.9 Å². The van der Waals surface area contributed by atoms with E-state index < -0.39 is 26.6 Å². The lowest BCUT2D eigenvalue weighted by Gasteiger charge is -2.30. The van der Waals surface area contributed by atoms with Gasteiger partial charge in [0.25, 0.3) is 7.82 Å². The molecule has 0 fully saturated rings. The number of hydrogen-bond acceptors (Lipinski definition) is 7. The molecule has 0 aromatic heterocycles. The lowest BCUT2D eigenvalue weighted by molar-refractivity contribution is -0.870. The predicted octanol–water partition coefficient (Wildman–Crippen LogP) is 18.0. The van der Waals surface area contributed by atoms with Crippen molar-refractivity contribution in [3.05, 3.63) is 60.8 Å². The number of carbonyl (C=O) groups is 2. The van der Waals surface area contributed by atoms with Crippen molar-refractivity contribution >= 4 is 19.7 Å². The fourth-order valence-corrected chi connectivity index (χ4v) is 9.48. The highest BCUT2D eigenvalue weighted by molar-refractivity contribution is 7.45. The lowest BCUT2D eigenvalue weighted by atomic mass is 10.0. The Morgan fingerprint density at radius 1 is 0.493 bits per heavy atom. The topological polar surface area (TPSA) is 114 Å². The molecule has 0 rings (SSSR count). The second kappa shape index (κ2) is 53.1. The zero-order valence-electron chi connectivity index (χ0n) is 48.6. The van der Waals surface area contributed by atoms with Crippen LogP contribution < -0.4 is 10.2 Å². The lowest BCUT2D eigenvalue weighted by Crippen LogP contribution is -2.47. The minimum Gasteiger partial charge on any atom is -0.756 e. The van der Waals surface area contributed by atoms with Gasteiger partial charge in [-0.1, -0.05) is 249 Å². The average molecular weight is 1050 g/mol. The summed E-state index contributed by atoms with van der Waals surface area (Å²) in [6.07, 6.45) is 66.1. The molecule has 1 N–H and O–H groups in total. The molecule has 0 aliphatic carbocycles. The molecule has 1 amide bonds. The first kappa shape index (κ1) is 70.7. The summed E-state index contributed by atoms with van der Waals surface area (Å²) in [6, 6.07) is -0.895. The Labute approximate surface area is 451 Å². The number of hydrogen-bond donors (Lipinski definition) is 1. The van der Waals surface area contributed by atoms with Crippen LogP contribution in [0.25, 0.3) is 0 Å². The van der Waals surface area contributed by atoms with Gasteiger partial charge in [-0.25, -0.2) is 0 Å². The third kappa shape index (κ3) is 54.3. The zero-order valence-corrected chi connectivity index (χ0v) is 49.5. The van der Waals surface area contributed by atoms with Crippen molar-refractivity contribution in [3.8, 4) is 0 Å². The number of esters is 1. The van der Waals surface area contributed by atoms with E-state index in [1.165, 1.54) is 167 Å². The fraction of sp³-hybridized carbons (Fsp3) is 0.810. The highest BCUT2D eigenvalue weighted by Gasteiger charge is 2.27. The summed E-state index contributed by atoms with van der Waals surface area (Å²) < 4.78 is 30.3. The summed E-state index contributed by atoms with van der Waals surface area (Å²) >= 11 is 0. The van der Waals surface area contributed by atoms with Crippen molar-refractivity contribution in [1.29, 1.82) is 0 Å². The van der Waals surface area contributed by atoms with Crippen LogP contribution >= 0.6 is 7.82 Å². The second-order valence-corrected chi connectivity index (χ2v) is 23.3. The third-order valence-corrected chi connectivity index (χ3v) is 14.5. The van der Waals surface area contributed by atoms with Gasteiger partial charge in [-0.05, 0) is 76.7 Å². The van der Waals surface area contributed by atoms with Crippen molar-refractivity contribution in [2.45, 2.75) is 290 Å². The van der Waals surface area contributed by atoms with E-state index in [-0.39, 0.29) is 24.9 Å². The number of likely N-dealkylation sites (N-methyl/N-ethyl adjacent to an activating group) is 1. The predicted molar refractivity (Wildman–Crippen MR) is 312 cm³/mol. The van der Waals surface area contributed by atoms with Gasteiger partial charge >= 0.3 is 5.97 Å². The Balaban J connectivity index is 5.29. The molecule has 0 aromatic carbocycles. The van der Waals surface area contributed by atoms with Crippen LogP contribution in [-0.4, -0.2) is 69.4 Å². The van der Waals surface area contributed by atoms with Gasteiger partial charge in [-0.15, -0.1) is 0 Å². The summed E-state index contributed by atoms with van der Waals surface area (Å²) in [5, 5.41) is 3.03. The Hall–Kier alpha value is -2.29. The van der Waals surface area contributed by atoms with Crippen molar-refractivity contribution in [2.24, 2.45) is 0 Å². The van der Waals surface area contributed by atoms with E-state index in [1.54, 1.807) is 0 Å². The van der Waals surface area contributed by atoms with E-state index in [1.807, 2.05) is 33.3 Å². The minimum absolute atomic E-state index is 0.0256. The first-order valence-corrected chi connectivity index (χ1v) is 32.1. The number of phosphoric ester groups is 1. The van der Waals surface area contributed by atoms with Gasteiger partial charge in [-0.2, -0.15) is 0 Å². The van der Waals surface area contributed by atoms with Crippen LogP contribution in [0, 0.1) is 0 Å². The first-order valence-electron chi connectivity index (χ1n) is 30.6. The highest BCUT2D eigenvalue weighted by atomic mass is 31.2. The van der Waals surface area contributed by atoms with Gasteiger partial charge in [0.05, 0.1) is 33.8 Å². The molecule has 0 bridgehead atoms. The number of rotatable bonds is 55. The van der Waals surface area contributed by atoms with Crippen LogP contribution in [0.1, 0.15) is 278 Å². The van der Waals surface area contributed by atoms with Crippen LogP contribution in [0.2, 0.25) is 0 Å². The van der Waals surface area contributed by atoms with Crippen LogP contribution in [0.4, 0.5) is 0 Å². The maximum Gasteiger partial charge on any atom is 0.306 e.